The first kappa shape index (κ1) is 53.3. The van der Waals surface area contributed by atoms with Crippen LogP contribution in [0.15, 0.2) is 108 Å². The molecule has 9 atom stereocenters. The van der Waals surface area contributed by atoms with Crippen LogP contribution in [0.5, 0.6) is 0 Å². The van der Waals surface area contributed by atoms with Crippen molar-refractivity contribution in [2.24, 2.45) is 23.5 Å². The number of amides is 1. The molecule has 0 spiro atoms. The van der Waals surface area contributed by atoms with Crippen molar-refractivity contribution >= 4 is 23.6 Å². The van der Waals surface area contributed by atoms with Gasteiger partial charge in [0.15, 0.2) is 24.1 Å². The van der Waals surface area contributed by atoms with Gasteiger partial charge in [0, 0.05) is 37.9 Å². The normalized spacial score (nSPS) is 23.7. The zero-order valence-electron chi connectivity index (χ0n) is 37.9. The van der Waals surface area contributed by atoms with E-state index in [-0.39, 0.29) is 35.2 Å². The molecule has 0 bridgehead atoms. The summed E-state index contributed by atoms with van der Waals surface area (Å²) in [6.45, 7) is 10.6. The Kier molecular flexibility index (Phi) is 24.6. The number of aliphatic hydroxyl groups is 3. The van der Waals surface area contributed by atoms with Crippen LogP contribution in [-0.4, -0.2) is 108 Å². The molecular weight excluding hydrogens is 793 g/mol. The number of carbonyl (C=O) groups excluding carboxylic acids is 3. The Bertz CT molecular complexity index is 1740. The van der Waals surface area contributed by atoms with Crippen molar-refractivity contribution in [3.63, 3.8) is 0 Å². The SMILES string of the molecule is COC(=O)C1OC(OC(C(C)=CC(C)CCCC=CC(C)CC=CCCCN(C)C(=N)N)C(C)C=CC=CC=CC=CC=C(C)C(=O)NC2=C(OC)CCC2=O)C(O)C(O)C1O. The summed E-state index contributed by atoms with van der Waals surface area (Å²) in [4.78, 5) is 38.7. The Morgan fingerprint density at radius 2 is 1.56 bits per heavy atom. The van der Waals surface area contributed by atoms with E-state index >= 15 is 0 Å². The lowest BCUT2D eigenvalue weighted by Gasteiger charge is -2.41. The average molecular weight is 865 g/mol. The topological polar surface area (TPSA) is 214 Å². The highest BCUT2D eigenvalue weighted by Gasteiger charge is 2.48. The number of Topliss-reactive ketones (excluding diaryl/α,β-unsaturated/α-hetero) is 1. The zero-order valence-corrected chi connectivity index (χ0v) is 37.9. The Hall–Kier alpha value is -4.86. The second kappa shape index (κ2) is 28.7. The fourth-order valence-electron chi connectivity index (χ4n) is 6.77. The summed E-state index contributed by atoms with van der Waals surface area (Å²) in [5, 5.41) is 41.9. The van der Waals surface area contributed by atoms with Crippen molar-refractivity contribution in [3.8, 4) is 0 Å². The summed E-state index contributed by atoms with van der Waals surface area (Å²) in [6.07, 6.45) is 25.2. The van der Waals surface area contributed by atoms with Crippen LogP contribution in [0.1, 0.15) is 86.0 Å². The molecule has 2 aliphatic rings. The van der Waals surface area contributed by atoms with E-state index in [1.165, 1.54) is 7.11 Å². The van der Waals surface area contributed by atoms with Crippen molar-refractivity contribution in [3.05, 3.63) is 108 Å². The number of hydrogen-bond donors (Lipinski definition) is 6. The van der Waals surface area contributed by atoms with Crippen LogP contribution in [0.25, 0.3) is 0 Å². The standard InChI is InChI=1S/C48H72N4O10/c1-32(23-17-14-15-22-30-52(6)48(49)50)24-18-16-19-25-33(2)31-36(5)43(61-47-42(56)40(54)41(55)44(62-47)46(58)60-8)34(3)26-20-12-10-9-11-13-21-27-35(4)45(57)51-39-37(53)28-29-38(39)59-7/h9-14,17-18,20-21,24,26-27,31-34,40-44,47,54-56H,15-16,19,22-23,25,28-30H2,1-8H3,(H3,49,50)(H,51,57). The summed E-state index contributed by atoms with van der Waals surface area (Å²) in [5.74, 6) is -0.469. The van der Waals surface area contributed by atoms with E-state index in [1.807, 2.05) is 51.3 Å². The van der Waals surface area contributed by atoms with Gasteiger partial charge in [-0.3, -0.25) is 15.0 Å². The third kappa shape index (κ3) is 18.6. The molecule has 9 unspecified atom stereocenters. The summed E-state index contributed by atoms with van der Waals surface area (Å²) in [7, 11) is 4.44. The van der Waals surface area contributed by atoms with Crippen molar-refractivity contribution in [1.82, 2.24) is 10.2 Å². The minimum atomic E-state index is -1.70. The number of unbranched alkanes of at least 4 members (excludes halogenated alkanes) is 2. The highest BCUT2D eigenvalue weighted by molar-refractivity contribution is 6.04. The van der Waals surface area contributed by atoms with E-state index in [1.54, 1.807) is 36.1 Å². The molecule has 2 rings (SSSR count). The Morgan fingerprint density at radius 1 is 0.903 bits per heavy atom. The molecule has 7 N–H and O–H groups in total. The van der Waals surface area contributed by atoms with Crippen LogP contribution in [-0.2, 0) is 33.3 Å². The Labute approximate surface area is 368 Å². The molecule has 0 aromatic carbocycles. The minimum Gasteiger partial charge on any atom is -0.499 e. The van der Waals surface area contributed by atoms with Gasteiger partial charge in [-0.15, -0.1) is 0 Å². The predicted octanol–water partition coefficient (Wildman–Crippen LogP) is 5.99. The maximum absolute atomic E-state index is 12.5. The molecule has 1 aliphatic carbocycles. The van der Waals surface area contributed by atoms with Crippen molar-refractivity contribution < 1.29 is 48.7 Å². The molecule has 1 fully saturated rings. The number of nitrogens with zero attached hydrogens (tertiary/aromatic N) is 1. The number of methoxy groups -OCH3 is 2. The van der Waals surface area contributed by atoms with Crippen molar-refractivity contribution in [2.45, 2.75) is 123 Å². The number of ketones is 1. The van der Waals surface area contributed by atoms with Gasteiger partial charge in [-0.2, -0.15) is 0 Å². The average Bonchev–Trinajstić information content (AvgIpc) is 3.60. The fourth-order valence-corrected chi connectivity index (χ4v) is 6.77. The number of esters is 1. The Balaban J connectivity index is 2.04. The molecule has 0 aromatic heterocycles. The number of rotatable bonds is 25. The number of aliphatic hydroxyl groups excluding tert-OH is 3. The second-order valence-electron chi connectivity index (χ2n) is 16.0. The first-order valence-electron chi connectivity index (χ1n) is 21.5. The third-order valence-electron chi connectivity index (χ3n) is 10.6. The van der Waals surface area contributed by atoms with Crippen LogP contribution in [0, 0.1) is 23.2 Å². The molecule has 14 heteroatoms. The molecule has 1 heterocycles. The van der Waals surface area contributed by atoms with Gasteiger partial charge in [0.05, 0.1) is 20.3 Å². The van der Waals surface area contributed by atoms with E-state index in [9.17, 15) is 29.7 Å². The minimum absolute atomic E-state index is 0.0868. The number of allylic oxidation sites excluding steroid dienone is 15. The number of nitrogens with two attached hydrogens (primary N) is 1. The summed E-state index contributed by atoms with van der Waals surface area (Å²) in [6, 6.07) is 0. The number of carbonyl (C=O) groups is 3. The van der Waals surface area contributed by atoms with Gasteiger partial charge in [-0.25, -0.2) is 4.79 Å². The fraction of sp³-hybridized carbons (Fsp3) is 0.542. The maximum atomic E-state index is 12.5. The highest BCUT2D eigenvalue weighted by atomic mass is 16.7. The van der Waals surface area contributed by atoms with Crippen LogP contribution in [0.4, 0.5) is 0 Å². The first-order chi connectivity index (χ1) is 29.5. The van der Waals surface area contributed by atoms with E-state index in [0.29, 0.717) is 30.1 Å². The first-order valence-corrected chi connectivity index (χ1v) is 21.5. The van der Waals surface area contributed by atoms with Crippen LogP contribution in [0.3, 0.4) is 0 Å². The smallest absolute Gasteiger partial charge is 0.337 e. The lowest BCUT2D eigenvalue weighted by molar-refractivity contribution is -0.303. The second-order valence-corrected chi connectivity index (χ2v) is 16.0. The van der Waals surface area contributed by atoms with Crippen molar-refractivity contribution in [2.75, 3.05) is 27.8 Å². The number of guanidine groups is 1. The zero-order chi connectivity index (χ0) is 46.2. The summed E-state index contributed by atoms with van der Waals surface area (Å²) >= 11 is 0. The van der Waals surface area contributed by atoms with Crippen molar-refractivity contribution in [1.29, 1.82) is 5.41 Å². The highest BCUT2D eigenvalue weighted by Crippen LogP contribution is 2.29. The molecule has 1 saturated heterocycles. The molecule has 0 radical (unpaired) electrons. The van der Waals surface area contributed by atoms with Crippen LogP contribution >= 0.6 is 0 Å². The summed E-state index contributed by atoms with van der Waals surface area (Å²) in [5.41, 5.74) is 7.01. The monoisotopic (exact) mass is 865 g/mol. The van der Waals surface area contributed by atoms with Gasteiger partial charge in [0.2, 0.25) is 0 Å². The van der Waals surface area contributed by atoms with Crippen LogP contribution in [0.2, 0.25) is 0 Å². The molecule has 1 aliphatic heterocycles. The maximum Gasteiger partial charge on any atom is 0.337 e. The van der Waals surface area contributed by atoms with Gasteiger partial charge in [-0.1, -0.05) is 106 Å². The predicted molar refractivity (Wildman–Crippen MR) is 242 cm³/mol. The van der Waals surface area contributed by atoms with Gasteiger partial charge < -0.3 is 50.2 Å². The number of hydrogen-bond acceptors (Lipinski definition) is 11. The third-order valence-corrected chi connectivity index (χ3v) is 10.6. The molecule has 14 nitrogen and oxygen atoms in total. The quantitative estimate of drug-likeness (QED) is 0.0119. The number of nitrogens with one attached hydrogen (secondary N) is 2. The van der Waals surface area contributed by atoms with Gasteiger partial charge in [0.25, 0.3) is 5.91 Å². The molecule has 0 aromatic rings. The van der Waals surface area contributed by atoms with Crippen LogP contribution < -0.4 is 11.1 Å². The number of ether oxygens (including phenoxy) is 4. The molecule has 1 amide bonds. The lowest BCUT2D eigenvalue weighted by Crippen LogP contribution is -2.61. The Morgan fingerprint density at radius 3 is 2.23 bits per heavy atom. The van der Waals surface area contributed by atoms with Gasteiger partial charge >= 0.3 is 5.97 Å². The van der Waals surface area contributed by atoms with E-state index in [4.69, 9.17) is 30.1 Å². The molecule has 62 heavy (non-hydrogen) atoms. The largest absolute Gasteiger partial charge is 0.499 e. The van der Waals surface area contributed by atoms with E-state index in [2.05, 4.69) is 49.5 Å². The van der Waals surface area contributed by atoms with E-state index in [0.717, 1.165) is 57.8 Å². The lowest BCUT2D eigenvalue weighted by atomic mass is 9.92. The van der Waals surface area contributed by atoms with Gasteiger partial charge in [-0.05, 0) is 69.8 Å². The molecule has 344 valence electrons. The summed E-state index contributed by atoms with van der Waals surface area (Å²) < 4.78 is 22.0. The van der Waals surface area contributed by atoms with E-state index < -0.39 is 42.8 Å². The van der Waals surface area contributed by atoms with Gasteiger partial charge in [0.1, 0.15) is 29.8 Å². The molecular formula is C48H72N4O10. The molecule has 0 saturated carbocycles.